The first-order valence-corrected chi connectivity index (χ1v) is 7.08. The van der Waals surface area contributed by atoms with Crippen LogP contribution in [0.1, 0.15) is 12.5 Å². The van der Waals surface area contributed by atoms with E-state index in [-0.39, 0.29) is 10.9 Å². The summed E-state index contributed by atoms with van der Waals surface area (Å²) >= 11 is 0. The normalized spacial score (nSPS) is 11.3. The fourth-order valence-corrected chi connectivity index (χ4v) is 2.64. The third-order valence-electron chi connectivity index (χ3n) is 3.82. The van der Waals surface area contributed by atoms with Crippen LogP contribution < -0.4 is 0 Å². The van der Waals surface area contributed by atoms with Gasteiger partial charge in [-0.25, -0.2) is 26.3 Å². The number of rotatable bonds is 2. The SMILES string of the molecule is CCc1cc(F)c(-c2cc(F)c3c(F)c(F)c(F)cc3c2)c(F)c1. The Bertz CT molecular complexity index is 939. The van der Waals surface area contributed by atoms with Crippen molar-refractivity contribution >= 4 is 10.8 Å². The number of halogens is 6. The second kappa shape index (κ2) is 5.85. The van der Waals surface area contributed by atoms with Crippen molar-refractivity contribution < 1.29 is 26.3 Å². The summed E-state index contributed by atoms with van der Waals surface area (Å²) in [7, 11) is 0. The lowest BCUT2D eigenvalue weighted by Gasteiger charge is -2.10. The van der Waals surface area contributed by atoms with E-state index in [2.05, 4.69) is 0 Å². The lowest BCUT2D eigenvalue weighted by Crippen LogP contribution is -1.98. The number of hydrogen-bond donors (Lipinski definition) is 0. The van der Waals surface area contributed by atoms with Gasteiger partial charge < -0.3 is 0 Å². The molecule has 0 bridgehead atoms. The summed E-state index contributed by atoms with van der Waals surface area (Å²) < 4.78 is 82.8. The molecule has 0 spiro atoms. The van der Waals surface area contributed by atoms with Crippen LogP contribution in [0.2, 0.25) is 0 Å². The molecule has 3 aromatic rings. The highest BCUT2D eigenvalue weighted by Crippen LogP contribution is 2.33. The van der Waals surface area contributed by atoms with Crippen molar-refractivity contribution in [3.05, 3.63) is 70.8 Å². The van der Waals surface area contributed by atoms with E-state index in [9.17, 15) is 26.3 Å². The van der Waals surface area contributed by atoms with Gasteiger partial charge in [-0.3, -0.25) is 0 Å². The Labute approximate surface area is 133 Å². The van der Waals surface area contributed by atoms with Crippen molar-refractivity contribution in [3.63, 3.8) is 0 Å². The van der Waals surface area contributed by atoms with Crippen molar-refractivity contribution in [1.29, 1.82) is 0 Å². The maximum atomic E-state index is 14.2. The van der Waals surface area contributed by atoms with Crippen LogP contribution in [0.15, 0.2) is 30.3 Å². The maximum Gasteiger partial charge on any atom is 0.195 e. The number of benzene rings is 3. The molecular formula is C18H10F6. The fraction of sp³-hybridized carbons (Fsp3) is 0.111. The standard InChI is InChI=1S/C18H10F6/c1-2-8-3-11(19)15(12(20)4-8)9-5-10-7-14(22)17(23)18(24)16(10)13(21)6-9/h3-7H,2H2,1H3. The van der Waals surface area contributed by atoms with Gasteiger partial charge in [0.15, 0.2) is 17.5 Å². The molecular weight excluding hydrogens is 330 g/mol. The van der Waals surface area contributed by atoms with Crippen LogP contribution in [0.25, 0.3) is 21.9 Å². The molecule has 0 N–H and O–H groups in total. The largest absolute Gasteiger partial charge is 0.206 e. The minimum atomic E-state index is -1.81. The number of hydrogen-bond acceptors (Lipinski definition) is 0. The summed E-state index contributed by atoms with van der Waals surface area (Å²) in [6.07, 6.45) is 0.399. The van der Waals surface area contributed by atoms with E-state index in [0.29, 0.717) is 24.1 Å². The smallest absolute Gasteiger partial charge is 0.195 e. The Hall–Kier alpha value is -2.50. The van der Waals surface area contributed by atoms with E-state index >= 15 is 0 Å². The highest BCUT2D eigenvalue weighted by atomic mass is 19.2. The third kappa shape index (κ3) is 2.52. The zero-order valence-corrected chi connectivity index (χ0v) is 12.4. The van der Waals surface area contributed by atoms with Crippen molar-refractivity contribution in [2.24, 2.45) is 0 Å². The quantitative estimate of drug-likeness (QED) is 0.402. The first-order chi connectivity index (χ1) is 11.3. The van der Waals surface area contributed by atoms with Gasteiger partial charge in [0.1, 0.15) is 17.5 Å². The van der Waals surface area contributed by atoms with Crippen LogP contribution in [0.5, 0.6) is 0 Å². The van der Waals surface area contributed by atoms with Gasteiger partial charge in [0.2, 0.25) is 0 Å². The van der Waals surface area contributed by atoms with Crippen molar-refractivity contribution in [2.45, 2.75) is 13.3 Å². The van der Waals surface area contributed by atoms with E-state index < -0.39 is 45.9 Å². The first-order valence-electron chi connectivity index (χ1n) is 7.08. The third-order valence-corrected chi connectivity index (χ3v) is 3.82. The predicted octanol–water partition coefficient (Wildman–Crippen LogP) is 5.90. The number of fused-ring (bicyclic) bond motifs is 1. The minimum Gasteiger partial charge on any atom is -0.206 e. The number of aryl methyl sites for hydroxylation is 1. The van der Waals surface area contributed by atoms with E-state index in [1.165, 1.54) is 0 Å². The molecule has 0 radical (unpaired) electrons. The topological polar surface area (TPSA) is 0 Å². The van der Waals surface area contributed by atoms with Crippen LogP contribution in [-0.4, -0.2) is 0 Å². The molecule has 0 aliphatic heterocycles. The van der Waals surface area contributed by atoms with Gasteiger partial charge in [-0.15, -0.1) is 0 Å². The molecule has 0 fully saturated rings. The first kappa shape index (κ1) is 16.4. The lowest BCUT2D eigenvalue weighted by molar-refractivity contribution is 0.451. The molecule has 0 unspecified atom stereocenters. The van der Waals surface area contributed by atoms with Crippen LogP contribution in [-0.2, 0) is 6.42 Å². The highest BCUT2D eigenvalue weighted by molar-refractivity contribution is 5.88. The lowest BCUT2D eigenvalue weighted by atomic mass is 9.97. The molecule has 0 saturated heterocycles. The zero-order valence-electron chi connectivity index (χ0n) is 12.4. The van der Waals surface area contributed by atoms with Crippen LogP contribution >= 0.6 is 0 Å². The van der Waals surface area contributed by atoms with E-state index in [0.717, 1.165) is 18.2 Å². The molecule has 3 aromatic carbocycles. The summed E-state index contributed by atoms with van der Waals surface area (Å²) in [6, 6.07) is 4.49. The molecule has 0 aliphatic rings. The van der Waals surface area contributed by atoms with Crippen LogP contribution in [0, 0.1) is 34.9 Å². The average molecular weight is 340 g/mol. The zero-order chi connectivity index (χ0) is 17.6. The van der Waals surface area contributed by atoms with Gasteiger partial charge in [0.25, 0.3) is 0 Å². The summed E-state index contributed by atoms with van der Waals surface area (Å²) in [5, 5.41) is -1.11. The summed E-state index contributed by atoms with van der Waals surface area (Å²) in [4.78, 5) is 0. The summed E-state index contributed by atoms with van der Waals surface area (Å²) in [5.74, 6) is -8.09. The molecule has 0 aliphatic carbocycles. The van der Waals surface area contributed by atoms with Crippen molar-refractivity contribution in [2.75, 3.05) is 0 Å². The molecule has 24 heavy (non-hydrogen) atoms. The molecule has 0 atom stereocenters. The maximum absolute atomic E-state index is 14.2. The molecule has 0 nitrogen and oxygen atoms in total. The molecule has 0 aromatic heterocycles. The monoisotopic (exact) mass is 340 g/mol. The Morgan fingerprint density at radius 1 is 0.667 bits per heavy atom. The van der Waals surface area contributed by atoms with E-state index in [1.54, 1.807) is 6.92 Å². The molecule has 6 heteroatoms. The minimum absolute atomic E-state index is 0.233. The Morgan fingerprint density at radius 2 is 1.29 bits per heavy atom. The second-order valence-corrected chi connectivity index (χ2v) is 5.33. The molecule has 124 valence electrons. The van der Waals surface area contributed by atoms with Crippen molar-refractivity contribution in [1.82, 2.24) is 0 Å². The summed E-state index contributed by atoms with van der Waals surface area (Å²) in [6.45, 7) is 1.71. The van der Waals surface area contributed by atoms with Crippen LogP contribution in [0.4, 0.5) is 26.3 Å². The fourth-order valence-electron chi connectivity index (χ4n) is 2.64. The van der Waals surface area contributed by atoms with E-state index in [4.69, 9.17) is 0 Å². The van der Waals surface area contributed by atoms with Gasteiger partial charge in [0.05, 0.1) is 10.9 Å². The molecule has 0 amide bonds. The summed E-state index contributed by atoms with van der Waals surface area (Å²) in [5.41, 5.74) is -0.338. The Kier molecular flexibility index (Phi) is 3.99. The molecule has 0 heterocycles. The Balaban J connectivity index is 2.32. The van der Waals surface area contributed by atoms with E-state index in [1.807, 2.05) is 0 Å². The van der Waals surface area contributed by atoms with Gasteiger partial charge >= 0.3 is 0 Å². The molecule has 0 saturated carbocycles. The Morgan fingerprint density at radius 3 is 1.88 bits per heavy atom. The van der Waals surface area contributed by atoms with Gasteiger partial charge in [0, 0.05) is 0 Å². The molecule has 3 rings (SSSR count). The average Bonchev–Trinajstić information content (AvgIpc) is 2.51. The van der Waals surface area contributed by atoms with Crippen molar-refractivity contribution in [3.8, 4) is 11.1 Å². The second-order valence-electron chi connectivity index (χ2n) is 5.33. The van der Waals surface area contributed by atoms with Gasteiger partial charge in [-0.1, -0.05) is 6.92 Å². The van der Waals surface area contributed by atoms with Gasteiger partial charge in [-0.05, 0) is 53.3 Å². The van der Waals surface area contributed by atoms with Gasteiger partial charge in [-0.2, -0.15) is 0 Å². The predicted molar refractivity (Wildman–Crippen MR) is 78.5 cm³/mol. The van der Waals surface area contributed by atoms with Crippen LogP contribution in [0.3, 0.4) is 0 Å². The highest BCUT2D eigenvalue weighted by Gasteiger charge is 2.20.